The molecule has 142 valence electrons. The summed E-state index contributed by atoms with van der Waals surface area (Å²) in [6.45, 7) is 3.62. The number of rotatable bonds is 5. The first-order valence-corrected chi connectivity index (χ1v) is 9.63. The van der Waals surface area contributed by atoms with Crippen LogP contribution in [0.25, 0.3) is 11.0 Å². The summed E-state index contributed by atoms with van der Waals surface area (Å²) in [6.07, 6.45) is 0. The standard InChI is InChI=1S/C18H19N3O5S/c1-10-4-7-16(26-3)13(8-10)11(2)21-27(24,25)12-5-6-14-15(9-12)20-18(23)17(22)19-14/h4-9,11,21H,1-3H3,(H,19,22)(H,20,23). The molecule has 27 heavy (non-hydrogen) atoms. The Morgan fingerprint density at radius 2 is 1.67 bits per heavy atom. The third-order valence-electron chi connectivity index (χ3n) is 4.19. The topological polar surface area (TPSA) is 121 Å². The van der Waals surface area contributed by atoms with Gasteiger partial charge in [0.25, 0.3) is 0 Å². The third-order valence-corrected chi connectivity index (χ3v) is 5.73. The van der Waals surface area contributed by atoms with E-state index in [1.807, 2.05) is 19.1 Å². The van der Waals surface area contributed by atoms with Crippen LogP contribution in [0, 0.1) is 6.92 Å². The second kappa shape index (κ2) is 7.01. The minimum absolute atomic E-state index is 0.0313. The Labute approximate surface area is 155 Å². The Balaban J connectivity index is 1.98. The molecule has 0 saturated carbocycles. The zero-order chi connectivity index (χ0) is 19.8. The molecule has 0 radical (unpaired) electrons. The molecule has 1 aromatic heterocycles. The predicted octanol–water partition coefficient (Wildman–Crippen LogP) is 1.57. The van der Waals surface area contributed by atoms with Gasteiger partial charge in [0.1, 0.15) is 5.75 Å². The molecular formula is C18H19N3O5S. The second-order valence-corrected chi connectivity index (χ2v) is 7.92. The summed E-state index contributed by atoms with van der Waals surface area (Å²) < 4.78 is 33.5. The molecule has 3 N–H and O–H groups in total. The van der Waals surface area contributed by atoms with E-state index in [4.69, 9.17) is 4.74 Å². The number of nitrogens with one attached hydrogen (secondary N) is 3. The van der Waals surface area contributed by atoms with Gasteiger partial charge in [-0.25, -0.2) is 13.1 Å². The van der Waals surface area contributed by atoms with Crippen LogP contribution in [0.1, 0.15) is 24.1 Å². The Morgan fingerprint density at radius 3 is 2.33 bits per heavy atom. The molecule has 0 aliphatic rings. The molecule has 1 unspecified atom stereocenters. The van der Waals surface area contributed by atoms with E-state index in [2.05, 4.69) is 14.7 Å². The van der Waals surface area contributed by atoms with Crippen LogP contribution in [0.5, 0.6) is 5.75 Å². The van der Waals surface area contributed by atoms with Gasteiger partial charge in [-0.3, -0.25) is 9.59 Å². The number of aromatic nitrogens is 2. The fraction of sp³-hybridized carbons (Fsp3) is 0.222. The number of aryl methyl sites for hydroxylation is 1. The van der Waals surface area contributed by atoms with Crippen LogP contribution >= 0.6 is 0 Å². The predicted molar refractivity (Wildman–Crippen MR) is 102 cm³/mol. The van der Waals surface area contributed by atoms with Crippen LogP contribution in [0.3, 0.4) is 0 Å². The van der Waals surface area contributed by atoms with Gasteiger partial charge in [0.2, 0.25) is 10.0 Å². The highest BCUT2D eigenvalue weighted by molar-refractivity contribution is 7.89. The lowest BCUT2D eigenvalue weighted by Crippen LogP contribution is -2.29. The van der Waals surface area contributed by atoms with Crippen molar-refractivity contribution in [3.8, 4) is 5.75 Å². The molecule has 3 rings (SSSR count). The van der Waals surface area contributed by atoms with E-state index in [1.165, 1.54) is 25.3 Å². The van der Waals surface area contributed by atoms with Gasteiger partial charge in [-0.2, -0.15) is 0 Å². The molecule has 0 saturated heterocycles. The number of methoxy groups -OCH3 is 1. The van der Waals surface area contributed by atoms with Gasteiger partial charge in [0.05, 0.1) is 23.0 Å². The van der Waals surface area contributed by atoms with Crippen molar-refractivity contribution in [2.45, 2.75) is 24.8 Å². The molecule has 1 heterocycles. The van der Waals surface area contributed by atoms with Crippen molar-refractivity contribution in [1.82, 2.24) is 14.7 Å². The van der Waals surface area contributed by atoms with E-state index in [-0.39, 0.29) is 10.4 Å². The van der Waals surface area contributed by atoms with E-state index in [9.17, 15) is 18.0 Å². The van der Waals surface area contributed by atoms with Crippen LogP contribution in [0.2, 0.25) is 0 Å². The lowest BCUT2D eigenvalue weighted by Gasteiger charge is -2.18. The molecular weight excluding hydrogens is 370 g/mol. The Morgan fingerprint density at radius 1 is 1.00 bits per heavy atom. The van der Waals surface area contributed by atoms with Gasteiger partial charge >= 0.3 is 11.1 Å². The normalized spacial score (nSPS) is 12.9. The molecule has 0 aliphatic heterocycles. The van der Waals surface area contributed by atoms with E-state index >= 15 is 0 Å². The number of benzene rings is 2. The minimum Gasteiger partial charge on any atom is -0.496 e. The van der Waals surface area contributed by atoms with E-state index < -0.39 is 27.2 Å². The fourth-order valence-corrected chi connectivity index (χ4v) is 4.07. The van der Waals surface area contributed by atoms with E-state index in [1.54, 1.807) is 13.0 Å². The highest BCUT2D eigenvalue weighted by Crippen LogP contribution is 2.27. The molecule has 9 heteroatoms. The van der Waals surface area contributed by atoms with Gasteiger partial charge in [-0.15, -0.1) is 0 Å². The van der Waals surface area contributed by atoms with E-state index in [0.717, 1.165) is 5.56 Å². The van der Waals surface area contributed by atoms with Crippen molar-refractivity contribution >= 4 is 21.1 Å². The smallest absolute Gasteiger partial charge is 0.314 e. The summed E-state index contributed by atoms with van der Waals surface area (Å²) >= 11 is 0. The second-order valence-electron chi connectivity index (χ2n) is 6.20. The molecule has 2 aromatic carbocycles. The first-order valence-electron chi connectivity index (χ1n) is 8.14. The Hall–Kier alpha value is -2.91. The molecule has 0 amide bonds. The molecule has 0 fully saturated rings. The van der Waals surface area contributed by atoms with Crippen molar-refractivity contribution in [3.05, 3.63) is 68.2 Å². The molecule has 8 nitrogen and oxygen atoms in total. The first kappa shape index (κ1) is 18.9. The van der Waals surface area contributed by atoms with Crippen LogP contribution < -0.4 is 20.6 Å². The number of ether oxygens (including phenoxy) is 1. The molecule has 0 bridgehead atoms. The van der Waals surface area contributed by atoms with Crippen molar-refractivity contribution in [1.29, 1.82) is 0 Å². The SMILES string of the molecule is COc1ccc(C)cc1C(C)NS(=O)(=O)c1ccc2[nH]c(=O)c(=O)[nH]c2c1. The highest BCUT2D eigenvalue weighted by atomic mass is 32.2. The van der Waals surface area contributed by atoms with Crippen LogP contribution in [0.4, 0.5) is 0 Å². The van der Waals surface area contributed by atoms with E-state index in [0.29, 0.717) is 16.8 Å². The van der Waals surface area contributed by atoms with Gasteiger partial charge < -0.3 is 14.7 Å². The van der Waals surface area contributed by atoms with Crippen LogP contribution in [0.15, 0.2) is 50.9 Å². The maximum absolute atomic E-state index is 12.8. The van der Waals surface area contributed by atoms with Crippen molar-refractivity contribution in [3.63, 3.8) is 0 Å². The van der Waals surface area contributed by atoms with Crippen molar-refractivity contribution in [2.75, 3.05) is 7.11 Å². The number of sulfonamides is 1. The van der Waals surface area contributed by atoms with Crippen molar-refractivity contribution in [2.24, 2.45) is 0 Å². The molecule has 1 atom stereocenters. The quantitative estimate of drug-likeness (QED) is 0.572. The third kappa shape index (κ3) is 3.79. The summed E-state index contributed by atoms with van der Waals surface area (Å²) in [5.41, 5.74) is 0.609. The van der Waals surface area contributed by atoms with Gasteiger partial charge in [0, 0.05) is 11.6 Å². The van der Waals surface area contributed by atoms with Gasteiger partial charge in [-0.05, 0) is 38.1 Å². The number of aromatic amines is 2. The summed E-state index contributed by atoms with van der Waals surface area (Å²) in [5, 5.41) is 0. The summed E-state index contributed by atoms with van der Waals surface area (Å²) in [7, 11) is -2.36. The molecule has 0 spiro atoms. The fourth-order valence-electron chi connectivity index (χ4n) is 2.82. The van der Waals surface area contributed by atoms with Crippen molar-refractivity contribution < 1.29 is 13.2 Å². The Kier molecular flexibility index (Phi) is 4.90. The van der Waals surface area contributed by atoms with Crippen LogP contribution in [-0.2, 0) is 10.0 Å². The Bertz CT molecular complexity index is 1230. The summed E-state index contributed by atoms with van der Waals surface area (Å²) in [6, 6.07) is 9.06. The maximum atomic E-state index is 12.8. The lowest BCUT2D eigenvalue weighted by molar-refractivity contribution is 0.405. The zero-order valence-corrected chi connectivity index (χ0v) is 15.8. The van der Waals surface area contributed by atoms with Gasteiger partial charge in [0.15, 0.2) is 0 Å². The minimum atomic E-state index is -3.88. The number of fused-ring (bicyclic) bond motifs is 1. The highest BCUT2D eigenvalue weighted by Gasteiger charge is 2.21. The molecule has 3 aromatic rings. The summed E-state index contributed by atoms with van der Waals surface area (Å²) in [5.74, 6) is 0.580. The average Bonchev–Trinajstić information content (AvgIpc) is 2.61. The monoisotopic (exact) mass is 389 g/mol. The number of H-pyrrole nitrogens is 2. The zero-order valence-electron chi connectivity index (χ0n) is 15.0. The molecule has 0 aliphatic carbocycles. The van der Waals surface area contributed by atoms with Gasteiger partial charge in [-0.1, -0.05) is 17.7 Å². The maximum Gasteiger partial charge on any atom is 0.314 e. The number of hydrogen-bond donors (Lipinski definition) is 3. The lowest BCUT2D eigenvalue weighted by atomic mass is 10.1. The summed E-state index contributed by atoms with van der Waals surface area (Å²) in [4.78, 5) is 27.6. The first-order chi connectivity index (χ1) is 12.7. The van der Waals surface area contributed by atoms with Crippen LogP contribution in [-0.4, -0.2) is 25.5 Å². The number of hydrogen-bond acceptors (Lipinski definition) is 5. The average molecular weight is 389 g/mol. The largest absolute Gasteiger partial charge is 0.496 e.